The van der Waals surface area contributed by atoms with E-state index in [1.54, 1.807) is 11.8 Å². The number of hydrogen-bond donors (Lipinski definition) is 1. The molecule has 0 radical (unpaired) electrons. The molecule has 0 aliphatic carbocycles. The summed E-state index contributed by atoms with van der Waals surface area (Å²) in [6, 6.07) is 13.1. The number of nitrogens with one attached hydrogen (secondary N) is 1. The molecule has 0 saturated carbocycles. The van der Waals surface area contributed by atoms with Crippen LogP contribution in [0.1, 0.15) is 64.2 Å². The second-order valence-corrected chi connectivity index (χ2v) is 10.4. The number of amides is 2. The van der Waals surface area contributed by atoms with Gasteiger partial charge < -0.3 is 15.0 Å². The number of carbonyl (C=O) groups excluding carboxylic acids is 2. The van der Waals surface area contributed by atoms with E-state index in [0.29, 0.717) is 18.2 Å². The van der Waals surface area contributed by atoms with E-state index in [1.807, 2.05) is 70.2 Å². The van der Waals surface area contributed by atoms with E-state index in [2.05, 4.69) is 35.1 Å². The maximum Gasteiger partial charge on any atom is 0.261 e. The Morgan fingerprint density at radius 1 is 1.09 bits per heavy atom. The van der Waals surface area contributed by atoms with Crippen LogP contribution in [-0.2, 0) is 16.1 Å². The zero-order chi connectivity index (χ0) is 24.1. The van der Waals surface area contributed by atoms with Gasteiger partial charge in [0.25, 0.3) is 5.91 Å². The first-order valence-corrected chi connectivity index (χ1v) is 11.8. The van der Waals surface area contributed by atoms with Gasteiger partial charge in [-0.2, -0.15) is 0 Å². The molecule has 0 saturated heterocycles. The van der Waals surface area contributed by atoms with Crippen LogP contribution in [0.3, 0.4) is 0 Å². The zero-order valence-corrected chi connectivity index (χ0v) is 21.7. The monoisotopic (exact) mass is 502 g/mol. The lowest BCUT2D eigenvalue weighted by Gasteiger charge is -2.31. The molecule has 0 bridgehead atoms. The van der Waals surface area contributed by atoms with Crippen LogP contribution >= 0.6 is 15.9 Å². The summed E-state index contributed by atoms with van der Waals surface area (Å²) in [4.78, 5) is 27.7. The first kappa shape index (κ1) is 25.9. The van der Waals surface area contributed by atoms with Gasteiger partial charge >= 0.3 is 0 Å². The van der Waals surface area contributed by atoms with Crippen LogP contribution in [0.4, 0.5) is 0 Å². The van der Waals surface area contributed by atoms with Crippen molar-refractivity contribution >= 4 is 27.7 Å². The van der Waals surface area contributed by atoms with Crippen LogP contribution in [0.5, 0.6) is 5.75 Å². The normalized spacial score (nSPS) is 12.4. The minimum atomic E-state index is -0.642. The maximum atomic E-state index is 13.2. The van der Waals surface area contributed by atoms with Crippen LogP contribution in [0.2, 0.25) is 0 Å². The molecule has 0 aliphatic heterocycles. The average molecular weight is 503 g/mol. The standard InChI is InChI=1S/C26H35BrN2O3/c1-17(2)20-12-13-23(22(27)14-20)32-16-24(30)29(15-21-11-9-8-10-18(21)3)19(4)25(31)28-26(5,6)7/h8-14,17,19H,15-16H2,1-7H3,(H,28,31)/t19-/m0/s1. The number of ether oxygens (including phenoxy) is 1. The molecule has 2 aromatic carbocycles. The molecule has 0 spiro atoms. The first-order valence-electron chi connectivity index (χ1n) is 11.0. The van der Waals surface area contributed by atoms with Gasteiger partial charge in [-0.05, 0) is 85.3 Å². The van der Waals surface area contributed by atoms with E-state index < -0.39 is 6.04 Å². The third kappa shape index (κ3) is 7.37. The van der Waals surface area contributed by atoms with Crippen molar-refractivity contribution in [1.82, 2.24) is 10.2 Å². The number of rotatable bonds is 8. The molecule has 5 nitrogen and oxygen atoms in total. The van der Waals surface area contributed by atoms with Crippen LogP contribution in [0.15, 0.2) is 46.9 Å². The zero-order valence-electron chi connectivity index (χ0n) is 20.2. The summed E-state index contributed by atoms with van der Waals surface area (Å²) in [6.07, 6.45) is 0. The highest BCUT2D eigenvalue weighted by Crippen LogP contribution is 2.29. The summed E-state index contributed by atoms with van der Waals surface area (Å²) in [7, 11) is 0. The summed E-state index contributed by atoms with van der Waals surface area (Å²) in [5, 5.41) is 2.97. The molecule has 0 aliphatic rings. The van der Waals surface area contributed by atoms with Gasteiger partial charge in [0.2, 0.25) is 5.91 Å². The minimum absolute atomic E-state index is 0.154. The highest BCUT2D eigenvalue weighted by molar-refractivity contribution is 9.10. The number of halogens is 1. The second kappa shape index (κ2) is 11.0. The smallest absolute Gasteiger partial charge is 0.261 e. The molecule has 2 amide bonds. The Balaban J connectivity index is 2.21. The molecular weight excluding hydrogens is 468 g/mol. The fourth-order valence-corrected chi connectivity index (χ4v) is 3.75. The van der Waals surface area contributed by atoms with Gasteiger partial charge in [0, 0.05) is 12.1 Å². The largest absolute Gasteiger partial charge is 0.483 e. The van der Waals surface area contributed by atoms with Crippen LogP contribution in [0, 0.1) is 6.92 Å². The van der Waals surface area contributed by atoms with Crippen molar-refractivity contribution in [3.05, 3.63) is 63.6 Å². The SMILES string of the molecule is Cc1ccccc1CN(C(=O)COc1ccc(C(C)C)cc1Br)[C@@H](C)C(=O)NC(C)(C)C. The lowest BCUT2D eigenvalue weighted by molar-refractivity contribution is -0.142. The molecule has 0 heterocycles. The van der Waals surface area contributed by atoms with Gasteiger partial charge in [0.15, 0.2) is 6.61 Å². The van der Waals surface area contributed by atoms with E-state index in [1.165, 1.54) is 5.56 Å². The molecule has 0 fully saturated rings. The fourth-order valence-electron chi connectivity index (χ4n) is 3.24. The number of carbonyl (C=O) groups is 2. The van der Waals surface area contributed by atoms with Crippen molar-refractivity contribution in [1.29, 1.82) is 0 Å². The van der Waals surface area contributed by atoms with Crippen molar-refractivity contribution in [2.24, 2.45) is 0 Å². The summed E-state index contributed by atoms with van der Waals surface area (Å²) < 4.78 is 6.65. The molecule has 2 rings (SSSR count). The number of nitrogens with zero attached hydrogens (tertiary/aromatic N) is 1. The average Bonchev–Trinajstić information content (AvgIpc) is 2.70. The predicted octanol–water partition coefficient (Wildman–Crippen LogP) is 5.59. The van der Waals surface area contributed by atoms with Crippen molar-refractivity contribution < 1.29 is 14.3 Å². The maximum absolute atomic E-state index is 13.2. The lowest BCUT2D eigenvalue weighted by Crippen LogP contribution is -2.53. The number of aryl methyl sites for hydroxylation is 1. The quantitative estimate of drug-likeness (QED) is 0.511. The molecule has 1 atom stereocenters. The van der Waals surface area contributed by atoms with E-state index in [9.17, 15) is 9.59 Å². The summed E-state index contributed by atoms with van der Waals surface area (Å²) >= 11 is 3.54. The van der Waals surface area contributed by atoms with Gasteiger partial charge in [0.05, 0.1) is 4.47 Å². The fraction of sp³-hybridized carbons (Fsp3) is 0.462. The minimum Gasteiger partial charge on any atom is -0.483 e. The Bertz CT molecular complexity index is 950. The van der Waals surface area contributed by atoms with E-state index in [4.69, 9.17) is 4.74 Å². The molecule has 0 aromatic heterocycles. The second-order valence-electron chi connectivity index (χ2n) is 9.50. The van der Waals surface area contributed by atoms with Crippen LogP contribution in [0.25, 0.3) is 0 Å². The predicted molar refractivity (Wildman–Crippen MR) is 133 cm³/mol. The third-order valence-corrected chi connectivity index (χ3v) is 5.86. The Morgan fingerprint density at radius 2 is 1.75 bits per heavy atom. The van der Waals surface area contributed by atoms with Gasteiger partial charge in [0.1, 0.15) is 11.8 Å². The van der Waals surface area contributed by atoms with E-state index in [0.717, 1.165) is 15.6 Å². The molecular formula is C26H35BrN2O3. The summed E-state index contributed by atoms with van der Waals surface area (Å²) in [6.45, 7) is 14.0. The van der Waals surface area contributed by atoms with E-state index in [-0.39, 0.29) is 24.0 Å². The lowest BCUT2D eigenvalue weighted by atomic mass is 10.0. The molecule has 1 N–H and O–H groups in total. The molecule has 2 aromatic rings. The highest BCUT2D eigenvalue weighted by atomic mass is 79.9. The Morgan fingerprint density at radius 3 is 2.31 bits per heavy atom. The van der Waals surface area contributed by atoms with Crippen molar-refractivity contribution in [3.63, 3.8) is 0 Å². The topological polar surface area (TPSA) is 58.6 Å². The molecule has 32 heavy (non-hydrogen) atoms. The van der Waals surface area contributed by atoms with Crippen molar-refractivity contribution in [2.75, 3.05) is 6.61 Å². The first-order chi connectivity index (χ1) is 14.9. The third-order valence-electron chi connectivity index (χ3n) is 5.24. The van der Waals surface area contributed by atoms with Gasteiger partial charge in [-0.15, -0.1) is 0 Å². The highest BCUT2D eigenvalue weighted by Gasteiger charge is 2.29. The molecule has 0 unspecified atom stereocenters. The Hall–Kier alpha value is -2.34. The van der Waals surface area contributed by atoms with Crippen LogP contribution in [-0.4, -0.2) is 34.9 Å². The molecule has 6 heteroatoms. The van der Waals surface area contributed by atoms with E-state index >= 15 is 0 Å². The number of hydrogen-bond acceptors (Lipinski definition) is 3. The van der Waals surface area contributed by atoms with Gasteiger partial charge in [-0.25, -0.2) is 0 Å². The number of benzene rings is 2. The van der Waals surface area contributed by atoms with Gasteiger partial charge in [-0.3, -0.25) is 9.59 Å². The van der Waals surface area contributed by atoms with Gasteiger partial charge in [-0.1, -0.05) is 44.2 Å². The Labute approximate surface area is 200 Å². The van der Waals surface area contributed by atoms with Crippen LogP contribution < -0.4 is 10.1 Å². The van der Waals surface area contributed by atoms with Crippen molar-refractivity contribution in [2.45, 2.75) is 72.5 Å². The summed E-state index contributed by atoms with van der Waals surface area (Å²) in [5.41, 5.74) is 2.87. The van der Waals surface area contributed by atoms with Crippen molar-refractivity contribution in [3.8, 4) is 5.75 Å². The Kier molecular flexibility index (Phi) is 8.90. The summed E-state index contributed by atoms with van der Waals surface area (Å²) in [5.74, 6) is 0.561. The molecule has 174 valence electrons.